The molecule has 0 amide bonds. The van der Waals surface area contributed by atoms with Crippen LogP contribution in [0, 0.1) is 0 Å². The van der Waals surface area contributed by atoms with Crippen molar-refractivity contribution in [2.75, 3.05) is 7.11 Å². The normalized spacial score (nSPS) is 11.9. The molecule has 2 N–H and O–H groups in total. The molecule has 6 nitrogen and oxygen atoms in total. The summed E-state index contributed by atoms with van der Waals surface area (Å²) in [6.45, 7) is 8.50. The van der Waals surface area contributed by atoms with Crippen molar-refractivity contribution in [2.24, 2.45) is 0 Å². The number of rotatable bonds is 6. The molecule has 3 aromatic rings. The highest BCUT2D eigenvalue weighted by molar-refractivity contribution is 5.60. The van der Waals surface area contributed by atoms with E-state index in [1.54, 1.807) is 23.8 Å². The SMILES string of the molecule is COC(C)(C)c1ccc(Cn2c(O)nnc2-c2ccc(O)c(C(C)C)c2)cc1. The monoisotopic (exact) mass is 381 g/mol. The standard InChI is InChI=1S/C22H27N3O3/c1-14(2)18-12-16(8-11-19(18)26)20-23-24-21(27)25(20)13-15-6-9-17(10-7-15)22(3,4)28-5/h6-12,14,26H,13H2,1-5H3,(H,24,27). The van der Waals surface area contributed by atoms with Crippen LogP contribution in [0.3, 0.4) is 0 Å². The molecular weight excluding hydrogens is 354 g/mol. The highest BCUT2D eigenvalue weighted by Gasteiger charge is 2.20. The highest BCUT2D eigenvalue weighted by atomic mass is 16.5. The first-order valence-electron chi connectivity index (χ1n) is 9.33. The molecule has 0 radical (unpaired) electrons. The summed E-state index contributed by atoms with van der Waals surface area (Å²) in [5, 5.41) is 28.3. The van der Waals surface area contributed by atoms with Gasteiger partial charge in [-0.05, 0) is 54.7 Å². The molecule has 0 unspecified atom stereocenters. The maximum Gasteiger partial charge on any atom is 0.315 e. The third-order valence-electron chi connectivity index (χ3n) is 5.14. The summed E-state index contributed by atoms with van der Waals surface area (Å²) < 4.78 is 7.18. The molecule has 0 aliphatic heterocycles. The van der Waals surface area contributed by atoms with Crippen LogP contribution in [0.15, 0.2) is 42.5 Å². The van der Waals surface area contributed by atoms with Gasteiger partial charge in [-0.3, -0.25) is 4.57 Å². The van der Waals surface area contributed by atoms with E-state index in [9.17, 15) is 10.2 Å². The first-order chi connectivity index (χ1) is 13.2. The number of phenols is 1. The van der Waals surface area contributed by atoms with E-state index in [-0.39, 0.29) is 23.3 Å². The molecule has 0 saturated heterocycles. The number of hydrogen-bond donors (Lipinski definition) is 2. The van der Waals surface area contributed by atoms with Gasteiger partial charge in [0.2, 0.25) is 0 Å². The maximum atomic E-state index is 10.2. The zero-order valence-electron chi connectivity index (χ0n) is 17.0. The van der Waals surface area contributed by atoms with Gasteiger partial charge in [-0.1, -0.05) is 43.2 Å². The summed E-state index contributed by atoms with van der Waals surface area (Å²) in [7, 11) is 1.69. The quantitative estimate of drug-likeness (QED) is 0.661. The Morgan fingerprint density at radius 3 is 2.32 bits per heavy atom. The van der Waals surface area contributed by atoms with Gasteiger partial charge in [-0.15, -0.1) is 5.10 Å². The van der Waals surface area contributed by atoms with E-state index < -0.39 is 0 Å². The van der Waals surface area contributed by atoms with Gasteiger partial charge < -0.3 is 14.9 Å². The smallest absolute Gasteiger partial charge is 0.315 e. The van der Waals surface area contributed by atoms with E-state index >= 15 is 0 Å². The number of ether oxygens (including phenoxy) is 1. The minimum absolute atomic E-state index is 0.143. The number of methoxy groups -OCH3 is 1. The molecule has 0 aliphatic carbocycles. The molecule has 1 heterocycles. The molecule has 28 heavy (non-hydrogen) atoms. The van der Waals surface area contributed by atoms with Gasteiger partial charge in [-0.2, -0.15) is 0 Å². The highest BCUT2D eigenvalue weighted by Crippen LogP contribution is 2.31. The first-order valence-corrected chi connectivity index (χ1v) is 9.33. The van der Waals surface area contributed by atoms with Gasteiger partial charge >= 0.3 is 6.01 Å². The lowest BCUT2D eigenvalue weighted by Gasteiger charge is -2.23. The van der Waals surface area contributed by atoms with Gasteiger partial charge in [0.25, 0.3) is 0 Å². The van der Waals surface area contributed by atoms with Gasteiger partial charge in [0.1, 0.15) is 5.75 Å². The number of aromatic nitrogens is 3. The lowest BCUT2D eigenvalue weighted by molar-refractivity contribution is 0.0192. The summed E-state index contributed by atoms with van der Waals surface area (Å²) in [6.07, 6.45) is 0. The number of benzene rings is 2. The van der Waals surface area contributed by atoms with Gasteiger partial charge in [0.05, 0.1) is 12.1 Å². The van der Waals surface area contributed by atoms with E-state index in [0.717, 1.165) is 22.3 Å². The van der Waals surface area contributed by atoms with Crippen molar-refractivity contribution in [3.63, 3.8) is 0 Å². The van der Waals surface area contributed by atoms with E-state index in [0.29, 0.717) is 12.4 Å². The zero-order valence-corrected chi connectivity index (χ0v) is 17.0. The first kappa shape index (κ1) is 19.9. The molecular formula is C22H27N3O3. The van der Waals surface area contributed by atoms with Crippen LogP contribution < -0.4 is 0 Å². The minimum Gasteiger partial charge on any atom is -0.508 e. The predicted octanol–water partition coefficient (Wildman–Crippen LogP) is 4.41. The lowest BCUT2D eigenvalue weighted by atomic mass is 9.97. The van der Waals surface area contributed by atoms with Crippen LogP contribution in [0.1, 0.15) is 50.3 Å². The van der Waals surface area contributed by atoms with Gasteiger partial charge in [0, 0.05) is 12.7 Å². The van der Waals surface area contributed by atoms with Crippen molar-refractivity contribution < 1.29 is 14.9 Å². The molecule has 2 aromatic carbocycles. The van der Waals surface area contributed by atoms with Crippen LogP contribution in [0.2, 0.25) is 0 Å². The van der Waals surface area contributed by atoms with Crippen molar-refractivity contribution >= 4 is 0 Å². The summed E-state index contributed by atoms with van der Waals surface area (Å²) in [6, 6.07) is 13.3. The molecule has 148 valence electrons. The molecule has 0 fully saturated rings. The lowest BCUT2D eigenvalue weighted by Crippen LogP contribution is -2.19. The Labute approximate surface area is 165 Å². The zero-order chi connectivity index (χ0) is 20.5. The summed E-state index contributed by atoms with van der Waals surface area (Å²) in [4.78, 5) is 0. The maximum absolute atomic E-state index is 10.2. The van der Waals surface area contributed by atoms with E-state index in [1.165, 1.54) is 0 Å². The molecule has 0 saturated carbocycles. The average Bonchev–Trinajstić information content (AvgIpc) is 3.03. The van der Waals surface area contributed by atoms with Crippen LogP contribution in [-0.2, 0) is 16.9 Å². The van der Waals surface area contributed by atoms with E-state index in [4.69, 9.17) is 4.74 Å². The second-order valence-electron chi connectivity index (χ2n) is 7.75. The van der Waals surface area contributed by atoms with Crippen LogP contribution in [-0.4, -0.2) is 32.1 Å². The third-order valence-corrected chi connectivity index (χ3v) is 5.14. The van der Waals surface area contributed by atoms with Crippen molar-refractivity contribution in [3.8, 4) is 23.1 Å². The Balaban J connectivity index is 1.93. The molecule has 6 heteroatoms. The van der Waals surface area contributed by atoms with Crippen molar-refractivity contribution in [1.82, 2.24) is 14.8 Å². The van der Waals surface area contributed by atoms with E-state index in [2.05, 4.69) is 10.2 Å². The van der Waals surface area contributed by atoms with Crippen molar-refractivity contribution in [1.29, 1.82) is 0 Å². The van der Waals surface area contributed by atoms with Crippen LogP contribution in [0.25, 0.3) is 11.4 Å². The molecule has 0 bridgehead atoms. The average molecular weight is 381 g/mol. The predicted molar refractivity (Wildman–Crippen MR) is 108 cm³/mol. The fourth-order valence-corrected chi connectivity index (χ4v) is 3.12. The summed E-state index contributed by atoms with van der Waals surface area (Å²) in [5.74, 6) is 0.979. The Hall–Kier alpha value is -2.86. The number of hydrogen-bond acceptors (Lipinski definition) is 5. The second-order valence-corrected chi connectivity index (χ2v) is 7.75. The van der Waals surface area contributed by atoms with Crippen molar-refractivity contribution in [2.45, 2.75) is 45.8 Å². The molecule has 3 rings (SSSR count). The fourth-order valence-electron chi connectivity index (χ4n) is 3.12. The van der Waals surface area contributed by atoms with Gasteiger partial charge in [0.15, 0.2) is 5.82 Å². The minimum atomic E-state index is -0.359. The fraction of sp³-hybridized carbons (Fsp3) is 0.364. The Bertz CT molecular complexity index is 960. The Kier molecular flexibility index (Phi) is 5.42. The number of phenolic OH excluding ortho intramolecular Hbond substituents is 1. The van der Waals surface area contributed by atoms with Crippen LogP contribution >= 0.6 is 0 Å². The molecule has 0 aliphatic rings. The van der Waals surface area contributed by atoms with Crippen molar-refractivity contribution in [3.05, 3.63) is 59.2 Å². The van der Waals surface area contributed by atoms with E-state index in [1.807, 2.05) is 58.0 Å². The van der Waals surface area contributed by atoms with Crippen LogP contribution in [0.4, 0.5) is 0 Å². The Morgan fingerprint density at radius 1 is 1.04 bits per heavy atom. The second kappa shape index (κ2) is 7.64. The Morgan fingerprint density at radius 2 is 1.71 bits per heavy atom. The molecule has 0 spiro atoms. The van der Waals surface area contributed by atoms with Gasteiger partial charge in [-0.25, -0.2) is 0 Å². The molecule has 0 atom stereocenters. The third kappa shape index (κ3) is 3.87. The van der Waals surface area contributed by atoms with Crippen LogP contribution in [0.5, 0.6) is 11.8 Å². The number of nitrogens with zero attached hydrogens (tertiary/aromatic N) is 3. The topological polar surface area (TPSA) is 80.4 Å². The largest absolute Gasteiger partial charge is 0.508 e. The number of aromatic hydroxyl groups is 2. The summed E-state index contributed by atoms with van der Waals surface area (Å²) in [5.41, 5.74) is 3.35. The summed E-state index contributed by atoms with van der Waals surface area (Å²) >= 11 is 0. The molecule has 1 aromatic heterocycles.